The first-order valence-corrected chi connectivity index (χ1v) is 17.9. The van der Waals surface area contributed by atoms with E-state index in [9.17, 15) is 9.00 Å². The second-order valence-corrected chi connectivity index (χ2v) is 16.5. The summed E-state index contributed by atoms with van der Waals surface area (Å²) in [7, 11) is -2.73. The van der Waals surface area contributed by atoms with Crippen LogP contribution in [0.4, 0.5) is 0 Å². The Hall–Kier alpha value is -2.57. The predicted octanol–water partition coefficient (Wildman–Crippen LogP) is 7.98. The Balaban J connectivity index is 1.42. The predicted molar refractivity (Wildman–Crippen MR) is 177 cm³/mol. The number of carbonyl (C=O) groups excluding carboxylic acids is 1. The smallest absolute Gasteiger partial charge is 0.255 e. The quantitative estimate of drug-likeness (QED) is 0.297. The number of hydrogen-bond acceptors (Lipinski definition) is 2. The van der Waals surface area contributed by atoms with Gasteiger partial charge in [-0.3, -0.25) is 4.79 Å². The molecule has 1 amide bonds. The zero-order valence-corrected chi connectivity index (χ0v) is 27.0. The Morgan fingerprint density at radius 3 is 2.29 bits per heavy atom. The standard InChI is InChI=1S/C36H49N3O2S/c1-26-31(34(40)38-24-36(25-38)20-12-7-13-21-36)22-32(39(26)23-27-14-8-6-9-15-27)29-18-19-33(30-17-11-10-16-28(29)30)42(5,41)37-35(2,3)4/h10-11,16-19,22,27H,5-9,12-15,20-21,23-25H2,1-4H3,(H,37,41). The number of likely N-dealkylation sites (tertiary alicyclic amines) is 1. The van der Waals surface area contributed by atoms with Gasteiger partial charge >= 0.3 is 0 Å². The highest BCUT2D eigenvalue weighted by Gasteiger charge is 2.46. The molecule has 6 heteroatoms. The van der Waals surface area contributed by atoms with Gasteiger partial charge in [0.2, 0.25) is 0 Å². The zero-order chi connectivity index (χ0) is 29.7. The van der Waals surface area contributed by atoms with E-state index >= 15 is 0 Å². The van der Waals surface area contributed by atoms with Gasteiger partial charge in [-0.25, -0.2) is 8.93 Å². The van der Waals surface area contributed by atoms with Gasteiger partial charge < -0.3 is 9.47 Å². The third-order valence-corrected chi connectivity index (χ3v) is 12.0. The van der Waals surface area contributed by atoms with Crippen LogP contribution < -0.4 is 4.72 Å². The van der Waals surface area contributed by atoms with E-state index in [2.05, 4.69) is 57.3 Å². The van der Waals surface area contributed by atoms with Crippen molar-refractivity contribution in [3.63, 3.8) is 0 Å². The Kier molecular flexibility index (Phi) is 7.84. The van der Waals surface area contributed by atoms with Crippen molar-refractivity contribution in [2.45, 2.75) is 109 Å². The number of benzene rings is 2. The largest absolute Gasteiger partial charge is 0.344 e. The van der Waals surface area contributed by atoms with E-state index in [0.717, 1.165) is 57.8 Å². The molecule has 3 aromatic rings. The summed E-state index contributed by atoms with van der Waals surface area (Å²) < 4.78 is 19.6. The lowest BCUT2D eigenvalue weighted by atomic mass is 9.68. The summed E-state index contributed by atoms with van der Waals surface area (Å²) in [6.45, 7) is 10.9. The van der Waals surface area contributed by atoms with Crippen LogP contribution in [0.15, 0.2) is 47.4 Å². The van der Waals surface area contributed by atoms with Gasteiger partial charge in [0.1, 0.15) is 0 Å². The van der Waals surface area contributed by atoms with E-state index in [1.54, 1.807) is 0 Å². The molecule has 1 unspecified atom stereocenters. The highest BCUT2D eigenvalue weighted by Crippen LogP contribution is 2.45. The molecule has 1 N–H and O–H groups in total. The first-order chi connectivity index (χ1) is 20.0. The van der Waals surface area contributed by atoms with Gasteiger partial charge in [0, 0.05) is 47.5 Å². The Morgan fingerprint density at radius 1 is 0.976 bits per heavy atom. The molecule has 42 heavy (non-hydrogen) atoms. The van der Waals surface area contributed by atoms with Crippen molar-refractivity contribution < 1.29 is 9.00 Å². The van der Waals surface area contributed by atoms with E-state index in [1.807, 2.05) is 32.9 Å². The van der Waals surface area contributed by atoms with Gasteiger partial charge in [-0.2, -0.15) is 0 Å². The number of amides is 1. The van der Waals surface area contributed by atoms with Crippen molar-refractivity contribution >= 4 is 32.3 Å². The number of carbonyl (C=O) groups is 1. The maximum Gasteiger partial charge on any atom is 0.255 e. The minimum atomic E-state index is -2.73. The van der Waals surface area contributed by atoms with Gasteiger partial charge in [-0.1, -0.05) is 68.9 Å². The lowest BCUT2D eigenvalue weighted by molar-refractivity contribution is -0.0155. The molecule has 1 atom stereocenters. The van der Waals surface area contributed by atoms with Crippen LogP contribution in [0.25, 0.3) is 22.0 Å². The van der Waals surface area contributed by atoms with Crippen LogP contribution in [0.2, 0.25) is 0 Å². The second-order valence-electron chi connectivity index (χ2n) is 14.5. The lowest BCUT2D eigenvalue weighted by Crippen LogP contribution is -2.59. The summed E-state index contributed by atoms with van der Waals surface area (Å²) >= 11 is 0. The van der Waals surface area contributed by atoms with Crippen LogP contribution in [0, 0.1) is 18.3 Å². The molecule has 1 spiro atoms. The molecule has 2 saturated carbocycles. The van der Waals surface area contributed by atoms with Crippen LogP contribution in [0.5, 0.6) is 0 Å². The molecule has 2 heterocycles. The highest BCUT2D eigenvalue weighted by molar-refractivity contribution is 7.98. The molecular weight excluding hydrogens is 538 g/mol. The van der Waals surface area contributed by atoms with Gasteiger partial charge in [0.05, 0.1) is 20.2 Å². The molecule has 0 radical (unpaired) electrons. The fraction of sp³-hybridized carbons (Fsp3) is 0.556. The summed E-state index contributed by atoms with van der Waals surface area (Å²) in [5.74, 6) is 4.96. The summed E-state index contributed by atoms with van der Waals surface area (Å²) in [5, 5.41) is 2.00. The number of hydrogen-bond donors (Lipinski definition) is 1. The first kappa shape index (κ1) is 29.5. The summed E-state index contributed by atoms with van der Waals surface area (Å²) in [6.07, 6.45) is 12.9. The number of nitrogens with zero attached hydrogens (tertiary/aromatic N) is 2. The Bertz CT molecular complexity index is 1570. The number of rotatable bonds is 6. The Labute approximate surface area is 253 Å². The minimum Gasteiger partial charge on any atom is -0.344 e. The molecule has 0 bridgehead atoms. The molecule has 1 aromatic heterocycles. The summed E-state index contributed by atoms with van der Waals surface area (Å²) in [6, 6.07) is 14.5. The Morgan fingerprint density at radius 2 is 1.62 bits per heavy atom. The molecule has 2 aliphatic carbocycles. The van der Waals surface area contributed by atoms with E-state index in [-0.39, 0.29) is 11.4 Å². The average Bonchev–Trinajstić information content (AvgIpc) is 3.25. The zero-order valence-electron chi connectivity index (χ0n) is 26.1. The monoisotopic (exact) mass is 587 g/mol. The van der Waals surface area contributed by atoms with E-state index < -0.39 is 9.71 Å². The third-order valence-electron chi connectivity index (χ3n) is 10.0. The van der Waals surface area contributed by atoms with Gasteiger partial charge in [0.25, 0.3) is 5.91 Å². The van der Waals surface area contributed by atoms with Crippen molar-refractivity contribution in [1.82, 2.24) is 14.2 Å². The average molecular weight is 588 g/mol. The van der Waals surface area contributed by atoms with Crippen molar-refractivity contribution in [1.29, 1.82) is 0 Å². The molecule has 5 nitrogen and oxygen atoms in total. The van der Waals surface area contributed by atoms with Crippen molar-refractivity contribution in [3.05, 3.63) is 53.7 Å². The first-order valence-electron chi connectivity index (χ1n) is 16.1. The highest BCUT2D eigenvalue weighted by atomic mass is 32.2. The fourth-order valence-electron chi connectivity index (χ4n) is 7.98. The molecule has 2 aromatic carbocycles. The fourth-order valence-corrected chi connectivity index (χ4v) is 9.90. The minimum absolute atomic E-state index is 0.184. The number of aromatic nitrogens is 1. The van der Waals surface area contributed by atoms with Crippen molar-refractivity contribution in [2.75, 3.05) is 13.1 Å². The maximum absolute atomic E-state index is 14.0. The summed E-state index contributed by atoms with van der Waals surface area (Å²) in [4.78, 5) is 16.8. The normalized spacial score (nSPS) is 20.9. The molecule has 6 rings (SSSR count). The van der Waals surface area contributed by atoms with E-state index in [0.29, 0.717) is 11.3 Å². The van der Waals surface area contributed by atoms with Crippen LogP contribution in [0.1, 0.15) is 101 Å². The van der Waals surface area contributed by atoms with E-state index in [4.69, 9.17) is 0 Å². The third kappa shape index (κ3) is 5.69. The van der Waals surface area contributed by atoms with E-state index in [1.165, 1.54) is 64.2 Å². The van der Waals surface area contributed by atoms with Gasteiger partial charge in [-0.05, 0) is 88.1 Å². The SMILES string of the molecule is C=S(=O)(NC(C)(C)C)c1ccc(-c2cc(C(=O)N3CC4(CCCCC4)C3)c(C)n2CC2CCCCC2)c2ccccc12. The number of fused-ring (bicyclic) bond motifs is 1. The van der Waals surface area contributed by atoms with Crippen LogP contribution in [0.3, 0.4) is 0 Å². The second kappa shape index (κ2) is 11.2. The van der Waals surface area contributed by atoms with Gasteiger partial charge in [0.15, 0.2) is 0 Å². The van der Waals surface area contributed by atoms with Crippen LogP contribution in [-0.2, 0) is 16.3 Å². The summed E-state index contributed by atoms with van der Waals surface area (Å²) in [5.41, 5.74) is 4.13. The van der Waals surface area contributed by atoms with Crippen molar-refractivity contribution in [3.8, 4) is 11.3 Å². The van der Waals surface area contributed by atoms with Crippen LogP contribution in [-0.4, -0.2) is 44.1 Å². The topological polar surface area (TPSA) is 54.3 Å². The molecule has 226 valence electrons. The van der Waals surface area contributed by atoms with Crippen LogP contribution >= 0.6 is 0 Å². The number of nitrogens with one attached hydrogen (secondary N) is 1. The molecular formula is C36H49N3O2S. The van der Waals surface area contributed by atoms with Gasteiger partial charge in [-0.15, -0.1) is 0 Å². The lowest BCUT2D eigenvalue weighted by Gasteiger charge is -2.52. The molecule has 1 aliphatic heterocycles. The maximum atomic E-state index is 14.0. The van der Waals surface area contributed by atoms with Crippen molar-refractivity contribution in [2.24, 2.45) is 11.3 Å². The molecule has 3 fully saturated rings. The molecule has 3 aliphatic rings. The molecule has 1 saturated heterocycles.